The van der Waals surface area contributed by atoms with Gasteiger partial charge in [-0.1, -0.05) is 6.07 Å². The maximum atomic E-state index is 11.9. The van der Waals surface area contributed by atoms with Crippen molar-refractivity contribution in [1.29, 1.82) is 0 Å². The molecule has 2 aromatic rings. The molecule has 0 atom stereocenters. The molecule has 0 saturated heterocycles. The normalized spacial score (nSPS) is 10.3. The van der Waals surface area contributed by atoms with Gasteiger partial charge in [-0.15, -0.1) is 0 Å². The van der Waals surface area contributed by atoms with Crippen LogP contribution in [0.2, 0.25) is 0 Å². The van der Waals surface area contributed by atoms with Crippen LogP contribution >= 0.6 is 0 Å². The topological polar surface area (TPSA) is 45.8 Å². The molecule has 15 heavy (non-hydrogen) atoms. The summed E-state index contributed by atoms with van der Waals surface area (Å²) in [5, 5.41) is 0. The second-order valence-corrected chi connectivity index (χ2v) is 3.51. The fraction of sp³-hybridized carbons (Fsp3) is 0.167. The third-order valence-electron chi connectivity index (χ3n) is 2.43. The Kier molecular flexibility index (Phi) is 2.37. The predicted octanol–water partition coefficient (Wildman–Crippen LogP) is 2.26. The first-order chi connectivity index (χ1) is 7.18. The minimum atomic E-state index is -0.0666. The molecule has 0 aliphatic rings. The number of nitrogens with one attached hydrogen (secondary N) is 1. The van der Waals surface area contributed by atoms with Gasteiger partial charge in [0.15, 0.2) is 0 Å². The first-order valence-electron chi connectivity index (χ1n) is 4.81. The molecular formula is C12H12N2O. The smallest absolute Gasteiger partial charge is 0.227 e. The van der Waals surface area contributed by atoms with E-state index in [9.17, 15) is 4.79 Å². The number of aryl methyl sites for hydroxylation is 2. The van der Waals surface area contributed by atoms with Gasteiger partial charge in [0, 0.05) is 11.9 Å². The van der Waals surface area contributed by atoms with Gasteiger partial charge in [0.25, 0.3) is 0 Å². The molecule has 0 unspecified atom stereocenters. The number of aromatic amines is 1. The van der Waals surface area contributed by atoms with E-state index in [1.54, 1.807) is 24.4 Å². The molecule has 0 amide bonds. The summed E-state index contributed by atoms with van der Waals surface area (Å²) in [5.74, 6) is -0.0666. The van der Waals surface area contributed by atoms with Gasteiger partial charge in [0.05, 0.1) is 5.69 Å². The number of aromatic nitrogens is 2. The Morgan fingerprint density at radius 1 is 1.27 bits per heavy atom. The Balaban J connectivity index is 2.39. The number of pyridine rings is 1. The van der Waals surface area contributed by atoms with Crippen molar-refractivity contribution in [3.05, 3.63) is 53.1 Å². The standard InChI is InChI=1S/C12H12N2O/c1-8-5-6-11(14-9(8)2)12(15)10-4-3-7-13-10/h3-7,13H,1-2H3. The number of rotatable bonds is 2. The maximum Gasteiger partial charge on any atom is 0.227 e. The van der Waals surface area contributed by atoms with Gasteiger partial charge in [0.1, 0.15) is 5.69 Å². The summed E-state index contributed by atoms with van der Waals surface area (Å²) in [7, 11) is 0. The molecule has 0 bridgehead atoms. The van der Waals surface area contributed by atoms with E-state index in [1.807, 2.05) is 19.9 Å². The van der Waals surface area contributed by atoms with Crippen molar-refractivity contribution >= 4 is 5.78 Å². The number of hydrogen-bond donors (Lipinski definition) is 1. The minimum absolute atomic E-state index is 0.0666. The largest absolute Gasteiger partial charge is 0.358 e. The molecule has 0 aliphatic carbocycles. The minimum Gasteiger partial charge on any atom is -0.358 e. The van der Waals surface area contributed by atoms with Crippen molar-refractivity contribution in [2.24, 2.45) is 0 Å². The van der Waals surface area contributed by atoms with Crippen LogP contribution in [0.1, 0.15) is 27.4 Å². The van der Waals surface area contributed by atoms with E-state index in [4.69, 9.17) is 0 Å². The number of carbonyl (C=O) groups is 1. The van der Waals surface area contributed by atoms with Crippen LogP contribution in [0.4, 0.5) is 0 Å². The van der Waals surface area contributed by atoms with Crippen LogP contribution in [0.3, 0.4) is 0 Å². The summed E-state index contributed by atoms with van der Waals surface area (Å²) in [6.45, 7) is 3.88. The molecule has 0 fully saturated rings. The number of carbonyl (C=O) groups excluding carboxylic acids is 1. The van der Waals surface area contributed by atoms with Crippen molar-refractivity contribution in [2.75, 3.05) is 0 Å². The first-order valence-corrected chi connectivity index (χ1v) is 4.81. The fourth-order valence-corrected chi connectivity index (χ4v) is 1.37. The van der Waals surface area contributed by atoms with E-state index in [1.165, 1.54) is 0 Å². The first kappa shape index (κ1) is 9.65. The van der Waals surface area contributed by atoms with E-state index in [-0.39, 0.29) is 5.78 Å². The van der Waals surface area contributed by atoms with Crippen molar-refractivity contribution < 1.29 is 4.79 Å². The Bertz CT molecular complexity index is 486. The van der Waals surface area contributed by atoms with Gasteiger partial charge < -0.3 is 4.98 Å². The van der Waals surface area contributed by atoms with Crippen LogP contribution in [0.5, 0.6) is 0 Å². The monoisotopic (exact) mass is 200 g/mol. The number of nitrogens with zero attached hydrogens (tertiary/aromatic N) is 1. The third kappa shape index (κ3) is 1.81. The molecule has 2 aromatic heterocycles. The van der Waals surface area contributed by atoms with Crippen molar-refractivity contribution in [1.82, 2.24) is 9.97 Å². The lowest BCUT2D eigenvalue weighted by Crippen LogP contribution is -2.05. The molecule has 2 rings (SSSR count). The van der Waals surface area contributed by atoms with Gasteiger partial charge in [0.2, 0.25) is 5.78 Å². The summed E-state index contributed by atoms with van der Waals surface area (Å²) in [4.78, 5) is 19.0. The van der Waals surface area contributed by atoms with Crippen LogP contribution in [-0.4, -0.2) is 15.8 Å². The van der Waals surface area contributed by atoms with Gasteiger partial charge >= 0.3 is 0 Å². The number of ketones is 1. The highest BCUT2D eigenvalue weighted by Crippen LogP contribution is 2.09. The lowest BCUT2D eigenvalue weighted by atomic mass is 10.1. The summed E-state index contributed by atoms with van der Waals surface area (Å²) in [6.07, 6.45) is 1.73. The van der Waals surface area contributed by atoms with Gasteiger partial charge in [-0.3, -0.25) is 4.79 Å². The number of hydrogen-bond acceptors (Lipinski definition) is 2. The highest BCUT2D eigenvalue weighted by Gasteiger charge is 2.11. The average Bonchev–Trinajstić information content (AvgIpc) is 2.74. The quantitative estimate of drug-likeness (QED) is 0.756. The predicted molar refractivity (Wildman–Crippen MR) is 57.9 cm³/mol. The molecule has 0 radical (unpaired) electrons. The van der Waals surface area contributed by atoms with E-state index in [0.717, 1.165) is 11.3 Å². The summed E-state index contributed by atoms with van der Waals surface area (Å²) in [5.41, 5.74) is 3.05. The Hall–Kier alpha value is -1.90. The SMILES string of the molecule is Cc1ccc(C(=O)c2ccc[nH]2)nc1C. The van der Waals surface area contributed by atoms with Gasteiger partial charge in [-0.2, -0.15) is 0 Å². The molecule has 0 aromatic carbocycles. The lowest BCUT2D eigenvalue weighted by Gasteiger charge is -2.02. The molecule has 0 saturated carbocycles. The van der Waals surface area contributed by atoms with Crippen molar-refractivity contribution in [3.63, 3.8) is 0 Å². The second-order valence-electron chi connectivity index (χ2n) is 3.51. The van der Waals surface area contributed by atoms with Crippen molar-refractivity contribution in [2.45, 2.75) is 13.8 Å². The van der Waals surface area contributed by atoms with Crippen LogP contribution in [-0.2, 0) is 0 Å². The lowest BCUT2D eigenvalue weighted by molar-refractivity contribution is 0.103. The molecule has 0 aliphatic heterocycles. The zero-order chi connectivity index (χ0) is 10.8. The third-order valence-corrected chi connectivity index (χ3v) is 2.43. The molecular weight excluding hydrogens is 188 g/mol. The number of H-pyrrole nitrogens is 1. The molecule has 1 N–H and O–H groups in total. The van der Waals surface area contributed by atoms with Gasteiger partial charge in [-0.25, -0.2) is 4.98 Å². The molecule has 76 valence electrons. The summed E-state index contributed by atoms with van der Waals surface area (Å²) in [6, 6.07) is 7.22. The molecule has 3 nitrogen and oxygen atoms in total. The van der Waals surface area contributed by atoms with Crippen LogP contribution in [0.25, 0.3) is 0 Å². The Morgan fingerprint density at radius 3 is 2.67 bits per heavy atom. The highest BCUT2D eigenvalue weighted by molar-refractivity contribution is 6.06. The van der Waals surface area contributed by atoms with E-state index in [2.05, 4.69) is 9.97 Å². The zero-order valence-corrected chi connectivity index (χ0v) is 8.74. The van der Waals surface area contributed by atoms with E-state index < -0.39 is 0 Å². The van der Waals surface area contributed by atoms with Crippen LogP contribution in [0, 0.1) is 13.8 Å². The van der Waals surface area contributed by atoms with Gasteiger partial charge in [-0.05, 0) is 37.6 Å². The van der Waals surface area contributed by atoms with Crippen molar-refractivity contribution in [3.8, 4) is 0 Å². The van der Waals surface area contributed by atoms with Crippen LogP contribution < -0.4 is 0 Å². The van der Waals surface area contributed by atoms with E-state index >= 15 is 0 Å². The summed E-state index contributed by atoms with van der Waals surface area (Å²) < 4.78 is 0. The second kappa shape index (κ2) is 3.69. The van der Waals surface area contributed by atoms with Crippen LogP contribution in [0.15, 0.2) is 30.5 Å². The zero-order valence-electron chi connectivity index (χ0n) is 8.74. The maximum absolute atomic E-state index is 11.9. The summed E-state index contributed by atoms with van der Waals surface area (Å²) >= 11 is 0. The molecule has 0 spiro atoms. The van der Waals surface area contributed by atoms with E-state index in [0.29, 0.717) is 11.4 Å². The Labute approximate surface area is 88.2 Å². The highest BCUT2D eigenvalue weighted by atomic mass is 16.1. The Morgan fingerprint density at radius 2 is 2.07 bits per heavy atom. The average molecular weight is 200 g/mol. The fourth-order valence-electron chi connectivity index (χ4n) is 1.37. The molecule has 3 heteroatoms. The molecule has 2 heterocycles.